The van der Waals surface area contributed by atoms with Gasteiger partial charge < -0.3 is 9.64 Å². The zero-order valence-corrected chi connectivity index (χ0v) is 16.7. The maximum atomic E-state index is 13.4. The number of piperidine rings is 3. The molecule has 1 aromatic heterocycles. The van der Waals surface area contributed by atoms with Crippen LogP contribution in [0.2, 0.25) is 0 Å². The Hall–Kier alpha value is -1.85. The summed E-state index contributed by atoms with van der Waals surface area (Å²) in [5, 5.41) is 0. The smallest absolute Gasteiger partial charge is 0.264 e. The second kappa shape index (κ2) is 6.64. The van der Waals surface area contributed by atoms with Gasteiger partial charge in [-0.1, -0.05) is 12.1 Å². The van der Waals surface area contributed by atoms with Crippen LogP contribution in [0.4, 0.5) is 0 Å². The molecule has 0 aliphatic carbocycles. The zero-order chi connectivity index (χ0) is 18.5. The van der Waals surface area contributed by atoms with Crippen molar-refractivity contribution in [1.82, 2.24) is 9.80 Å². The van der Waals surface area contributed by atoms with E-state index in [1.54, 1.807) is 18.4 Å². The number of fused-ring (bicyclic) bond motifs is 2. The summed E-state index contributed by atoms with van der Waals surface area (Å²) in [5.74, 6) is 2.15. The monoisotopic (exact) mass is 382 g/mol. The Morgan fingerprint density at radius 3 is 2.44 bits per heavy atom. The number of carbonyl (C=O) groups excluding carboxylic acids is 1. The normalized spacial score (nSPS) is 31.8. The van der Waals surface area contributed by atoms with Crippen LogP contribution in [0.15, 0.2) is 36.4 Å². The molecule has 0 saturated carbocycles. The Bertz CT molecular complexity index is 838. The van der Waals surface area contributed by atoms with Crippen molar-refractivity contribution in [2.45, 2.75) is 37.8 Å². The first-order valence-electron chi connectivity index (χ1n) is 9.91. The number of hydrogen-bond acceptors (Lipinski definition) is 4. The van der Waals surface area contributed by atoms with E-state index >= 15 is 0 Å². The highest BCUT2D eigenvalue weighted by molar-refractivity contribution is 7.13. The molecule has 1 amide bonds. The summed E-state index contributed by atoms with van der Waals surface area (Å²) in [5.41, 5.74) is 1.33. The van der Waals surface area contributed by atoms with Gasteiger partial charge in [-0.3, -0.25) is 9.69 Å². The quantitative estimate of drug-likeness (QED) is 0.810. The molecule has 6 rings (SSSR count). The Morgan fingerprint density at radius 1 is 1.07 bits per heavy atom. The third-order valence-corrected chi connectivity index (χ3v) is 7.74. The van der Waals surface area contributed by atoms with E-state index in [1.807, 2.05) is 18.2 Å². The fourth-order valence-electron chi connectivity index (χ4n) is 5.49. The van der Waals surface area contributed by atoms with Crippen LogP contribution < -0.4 is 4.74 Å². The van der Waals surface area contributed by atoms with Gasteiger partial charge in [-0.25, -0.2) is 0 Å². The Labute approximate surface area is 164 Å². The van der Waals surface area contributed by atoms with E-state index in [-0.39, 0.29) is 5.91 Å². The van der Waals surface area contributed by atoms with Crippen LogP contribution in [0.3, 0.4) is 0 Å². The topological polar surface area (TPSA) is 32.8 Å². The van der Waals surface area contributed by atoms with Gasteiger partial charge in [-0.05, 0) is 68.6 Å². The first-order chi connectivity index (χ1) is 13.2. The summed E-state index contributed by atoms with van der Waals surface area (Å²) in [7, 11) is 1.70. The highest BCUT2D eigenvalue weighted by Gasteiger charge is 2.54. The van der Waals surface area contributed by atoms with Crippen molar-refractivity contribution >= 4 is 17.2 Å². The van der Waals surface area contributed by atoms with Crippen molar-refractivity contribution in [2.75, 3.05) is 26.7 Å². The van der Waals surface area contributed by atoms with Gasteiger partial charge in [0.05, 0.1) is 18.0 Å². The molecular weight excluding hydrogens is 356 g/mol. The minimum absolute atomic E-state index is 0.230. The van der Waals surface area contributed by atoms with Crippen LogP contribution in [0.25, 0.3) is 0 Å². The predicted molar refractivity (Wildman–Crippen MR) is 108 cm³/mol. The van der Waals surface area contributed by atoms with Crippen LogP contribution >= 0.6 is 11.3 Å². The van der Waals surface area contributed by atoms with E-state index in [0.29, 0.717) is 23.9 Å². The van der Waals surface area contributed by atoms with E-state index in [0.717, 1.165) is 17.2 Å². The van der Waals surface area contributed by atoms with Crippen molar-refractivity contribution < 1.29 is 9.53 Å². The molecule has 0 spiro atoms. The second-order valence-electron chi connectivity index (χ2n) is 8.10. The maximum Gasteiger partial charge on any atom is 0.264 e. The lowest BCUT2D eigenvalue weighted by atomic mass is 9.75. The van der Waals surface area contributed by atoms with Gasteiger partial charge in [0, 0.05) is 23.4 Å². The third-order valence-electron chi connectivity index (χ3n) is 6.75. The summed E-state index contributed by atoms with van der Waals surface area (Å²) in [4.78, 5) is 20.3. The van der Waals surface area contributed by atoms with Gasteiger partial charge in [0.2, 0.25) is 0 Å². The van der Waals surface area contributed by atoms with Gasteiger partial charge in [-0.2, -0.15) is 0 Å². The summed E-state index contributed by atoms with van der Waals surface area (Å²) in [6, 6.07) is 13.3. The molecule has 1 aromatic carbocycles. The fraction of sp³-hybridized carbons (Fsp3) is 0.500. The number of likely N-dealkylation sites (tertiary alicyclic amines) is 1. The Morgan fingerprint density at radius 2 is 1.81 bits per heavy atom. The molecule has 5 heteroatoms. The minimum atomic E-state index is 0.230. The lowest BCUT2D eigenvalue weighted by Gasteiger charge is -2.51. The molecule has 0 radical (unpaired) electrons. The first-order valence-corrected chi connectivity index (χ1v) is 10.7. The molecule has 3 atom stereocenters. The van der Waals surface area contributed by atoms with Crippen LogP contribution in [0.5, 0.6) is 5.75 Å². The summed E-state index contributed by atoms with van der Waals surface area (Å²) < 4.78 is 5.33. The minimum Gasteiger partial charge on any atom is -0.497 e. The second-order valence-corrected chi connectivity index (χ2v) is 9.39. The third kappa shape index (κ3) is 2.79. The molecule has 4 nitrogen and oxygen atoms in total. The lowest BCUT2D eigenvalue weighted by molar-refractivity contribution is -0.00326. The van der Waals surface area contributed by atoms with Gasteiger partial charge in [0.25, 0.3) is 5.91 Å². The van der Waals surface area contributed by atoms with E-state index in [9.17, 15) is 4.79 Å². The Kier molecular flexibility index (Phi) is 4.25. The van der Waals surface area contributed by atoms with E-state index in [2.05, 4.69) is 34.9 Å². The van der Waals surface area contributed by atoms with E-state index in [4.69, 9.17) is 4.74 Å². The average molecular weight is 383 g/mol. The Balaban J connectivity index is 1.50. The van der Waals surface area contributed by atoms with Crippen LogP contribution in [0, 0.1) is 12.8 Å². The number of hydrogen-bond donors (Lipinski definition) is 0. The molecule has 2 aromatic rings. The van der Waals surface area contributed by atoms with Crippen molar-refractivity contribution in [2.24, 2.45) is 5.92 Å². The van der Waals surface area contributed by atoms with Crippen LogP contribution in [-0.2, 0) is 0 Å². The SMILES string of the molecule is COc1ccc([C@@H]2CN(C(=O)c3ccc(C)s3)[C@@H]3C4CCN(CC4)[C@@H]32)cc1. The first kappa shape index (κ1) is 17.3. The molecule has 4 fully saturated rings. The molecule has 4 saturated heterocycles. The molecule has 4 aliphatic heterocycles. The number of rotatable bonds is 3. The number of nitrogens with zero attached hydrogens (tertiary/aromatic N) is 2. The fourth-order valence-corrected chi connectivity index (χ4v) is 6.31. The standard InChI is InChI=1S/C22H26N2O2S/c1-14-3-8-19(27-14)22(25)24-13-18(15-4-6-17(26-2)7-5-15)21-20(24)16-9-11-23(21)12-10-16/h3-8,16,18,20-21H,9-13H2,1-2H3/t18-,20+,21+/m0/s1. The van der Waals surface area contributed by atoms with E-state index in [1.165, 1.54) is 36.4 Å². The number of methoxy groups -OCH3 is 1. The highest BCUT2D eigenvalue weighted by Crippen LogP contribution is 2.47. The largest absolute Gasteiger partial charge is 0.497 e. The molecule has 4 aliphatic rings. The van der Waals surface area contributed by atoms with Crippen molar-refractivity contribution in [3.63, 3.8) is 0 Å². The molecule has 0 unspecified atom stereocenters. The number of ether oxygens (including phenoxy) is 1. The molecule has 142 valence electrons. The highest BCUT2D eigenvalue weighted by atomic mass is 32.1. The van der Waals surface area contributed by atoms with Crippen LogP contribution in [0.1, 0.15) is 38.9 Å². The van der Waals surface area contributed by atoms with Crippen LogP contribution in [-0.4, -0.2) is 54.5 Å². The summed E-state index contributed by atoms with van der Waals surface area (Å²) in [6.07, 6.45) is 2.45. The maximum absolute atomic E-state index is 13.4. The van der Waals surface area contributed by atoms with Crippen molar-refractivity contribution in [1.29, 1.82) is 0 Å². The summed E-state index contributed by atoms with van der Waals surface area (Å²) in [6.45, 7) is 5.25. The number of carbonyl (C=O) groups is 1. The molecule has 5 heterocycles. The lowest BCUT2D eigenvalue weighted by Crippen LogP contribution is -2.60. The summed E-state index contributed by atoms with van der Waals surface area (Å²) >= 11 is 1.62. The van der Waals surface area contributed by atoms with E-state index < -0.39 is 0 Å². The predicted octanol–water partition coefficient (Wildman–Crippen LogP) is 3.77. The molecule has 2 bridgehead atoms. The molecule has 0 N–H and O–H groups in total. The average Bonchev–Trinajstić information content (AvgIpc) is 3.34. The van der Waals surface area contributed by atoms with Crippen molar-refractivity contribution in [3.05, 3.63) is 51.7 Å². The number of benzene rings is 1. The van der Waals surface area contributed by atoms with Crippen molar-refractivity contribution in [3.8, 4) is 5.75 Å². The number of amides is 1. The number of aryl methyl sites for hydroxylation is 1. The molecular formula is C22H26N2O2S. The van der Waals surface area contributed by atoms with Gasteiger partial charge in [-0.15, -0.1) is 11.3 Å². The zero-order valence-electron chi connectivity index (χ0n) is 15.9. The van der Waals surface area contributed by atoms with Gasteiger partial charge in [0.1, 0.15) is 5.75 Å². The number of thiophene rings is 1. The molecule has 27 heavy (non-hydrogen) atoms. The van der Waals surface area contributed by atoms with Gasteiger partial charge >= 0.3 is 0 Å². The van der Waals surface area contributed by atoms with Gasteiger partial charge in [0.15, 0.2) is 0 Å².